The van der Waals surface area contributed by atoms with E-state index in [1.807, 2.05) is 0 Å². The fourth-order valence-electron chi connectivity index (χ4n) is 3.51. The summed E-state index contributed by atoms with van der Waals surface area (Å²) in [6.07, 6.45) is 3.18. The van der Waals surface area contributed by atoms with E-state index in [0.29, 0.717) is 42.6 Å². The van der Waals surface area contributed by atoms with Gasteiger partial charge in [-0.3, -0.25) is 19.4 Å². The molecule has 0 unspecified atom stereocenters. The predicted octanol–water partition coefficient (Wildman–Crippen LogP) is 0.200. The van der Waals surface area contributed by atoms with Gasteiger partial charge in [-0.2, -0.15) is 0 Å². The minimum Gasteiger partial charge on any atom is -0.361 e. The number of aryl methyl sites for hydroxylation is 3. The van der Waals surface area contributed by atoms with Gasteiger partial charge in [0.15, 0.2) is 0 Å². The summed E-state index contributed by atoms with van der Waals surface area (Å²) in [6, 6.07) is 1.26. The van der Waals surface area contributed by atoms with Gasteiger partial charge < -0.3 is 19.3 Å². The second kappa shape index (κ2) is 8.89. The van der Waals surface area contributed by atoms with Crippen molar-refractivity contribution in [3.63, 3.8) is 0 Å². The van der Waals surface area contributed by atoms with E-state index in [9.17, 15) is 19.2 Å². The molecule has 3 rings (SSSR count). The lowest BCUT2D eigenvalue weighted by Gasteiger charge is -2.32. The van der Waals surface area contributed by atoms with Crippen LogP contribution in [0, 0.1) is 19.8 Å². The highest BCUT2D eigenvalue weighted by molar-refractivity contribution is 5.96. The number of carbonyl (C=O) groups excluding carboxylic acids is 2. The van der Waals surface area contributed by atoms with Crippen LogP contribution in [0.5, 0.6) is 0 Å². The van der Waals surface area contributed by atoms with Crippen molar-refractivity contribution >= 4 is 11.8 Å². The van der Waals surface area contributed by atoms with Gasteiger partial charge in [-0.25, -0.2) is 4.79 Å². The van der Waals surface area contributed by atoms with Gasteiger partial charge >= 0.3 is 5.69 Å². The van der Waals surface area contributed by atoms with Crippen LogP contribution < -0.4 is 16.6 Å². The number of H-pyrrole nitrogens is 1. The van der Waals surface area contributed by atoms with Crippen molar-refractivity contribution in [3.05, 3.63) is 50.1 Å². The molecule has 10 nitrogen and oxygen atoms in total. The number of rotatable bonds is 6. The summed E-state index contributed by atoms with van der Waals surface area (Å²) in [6.45, 7) is 5.44. The summed E-state index contributed by atoms with van der Waals surface area (Å²) in [5, 5.41) is 6.72. The van der Waals surface area contributed by atoms with Gasteiger partial charge in [0.05, 0.1) is 5.69 Å². The number of likely N-dealkylation sites (tertiary alicyclic amines) is 1. The number of amides is 2. The van der Waals surface area contributed by atoms with E-state index in [-0.39, 0.29) is 24.8 Å². The van der Waals surface area contributed by atoms with Crippen molar-refractivity contribution in [1.29, 1.82) is 0 Å². The first-order valence-electron chi connectivity index (χ1n) is 9.63. The summed E-state index contributed by atoms with van der Waals surface area (Å²) in [5.74, 6) is 0.583. The molecule has 0 aliphatic carbocycles. The Morgan fingerprint density at radius 1 is 1.28 bits per heavy atom. The van der Waals surface area contributed by atoms with E-state index in [4.69, 9.17) is 4.52 Å². The second-order valence-electron chi connectivity index (χ2n) is 7.29. The Morgan fingerprint density at radius 2 is 2.00 bits per heavy atom. The molecule has 2 aromatic rings. The third kappa shape index (κ3) is 5.01. The van der Waals surface area contributed by atoms with Crippen LogP contribution >= 0.6 is 0 Å². The van der Waals surface area contributed by atoms with Crippen molar-refractivity contribution < 1.29 is 14.1 Å². The molecule has 1 fully saturated rings. The molecule has 1 saturated heterocycles. The molecule has 10 heteroatoms. The summed E-state index contributed by atoms with van der Waals surface area (Å²) in [7, 11) is 0. The van der Waals surface area contributed by atoms with Crippen LogP contribution in [-0.2, 0) is 11.3 Å². The fourth-order valence-corrected chi connectivity index (χ4v) is 3.51. The van der Waals surface area contributed by atoms with E-state index in [2.05, 4.69) is 15.5 Å². The third-order valence-corrected chi connectivity index (χ3v) is 5.24. The maximum atomic E-state index is 12.4. The van der Waals surface area contributed by atoms with Gasteiger partial charge in [-0.1, -0.05) is 5.16 Å². The Labute approximate surface area is 166 Å². The minimum absolute atomic E-state index is 0.0266. The maximum absolute atomic E-state index is 12.4. The van der Waals surface area contributed by atoms with Gasteiger partial charge in [0.1, 0.15) is 11.3 Å². The monoisotopic (exact) mass is 403 g/mol. The number of aromatic nitrogens is 3. The zero-order chi connectivity index (χ0) is 21.0. The summed E-state index contributed by atoms with van der Waals surface area (Å²) in [5.41, 5.74) is 0.0799. The van der Waals surface area contributed by atoms with Crippen LogP contribution in [0.4, 0.5) is 0 Å². The molecular weight excluding hydrogens is 378 g/mol. The number of aromatic amines is 1. The largest absolute Gasteiger partial charge is 0.361 e. The zero-order valence-electron chi connectivity index (χ0n) is 16.6. The first kappa shape index (κ1) is 20.6. The number of hydrogen-bond acceptors (Lipinski definition) is 6. The highest BCUT2D eigenvalue weighted by atomic mass is 16.5. The molecule has 0 radical (unpaired) electrons. The number of piperidine rings is 1. The first-order chi connectivity index (χ1) is 13.8. The molecule has 0 saturated carbocycles. The van der Waals surface area contributed by atoms with E-state index in [0.717, 1.165) is 12.8 Å². The normalized spacial score (nSPS) is 14.8. The van der Waals surface area contributed by atoms with E-state index >= 15 is 0 Å². The van der Waals surface area contributed by atoms with Crippen LogP contribution in [0.15, 0.2) is 26.4 Å². The third-order valence-electron chi connectivity index (χ3n) is 5.24. The SMILES string of the molecule is Cc1noc(C)c1C(=O)NCC1CCN(C(=O)CCn2ccc(=O)[nH]c2=O)CC1. The van der Waals surface area contributed by atoms with Gasteiger partial charge in [0.2, 0.25) is 5.91 Å². The number of nitrogens with zero attached hydrogens (tertiary/aromatic N) is 3. The maximum Gasteiger partial charge on any atom is 0.328 e. The molecule has 0 aromatic carbocycles. The molecule has 1 aliphatic rings. The van der Waals surface area contributed by atoms with Crippen LogP contribution in [-0.4, -0.2) is 51.1 Å². The molecule has 2 aromatic heterocycles. The summed E-state index contributed by atoms with van der Waals surface area (Å²) >= 11 is 0. The Kier molecular flexibility index (Phi) is 6.30. The average Bonchev–Trinajstić information content (AvgIpc) is 3.04. The lowest BCUT2D eigenvalue weighted by Crippen LogP contribution is -2.42. The van der Waals surface area contributed by atoms with Crippen LogP contribution in [0.1, 0.15) is 41.1 Å². The Morgan fingerprint density at radius 3 is 2.62 bits per heavy atom. The average molecular weight is 403 g/mol. The van der Waals surface area contributed by atoms with Gasteiger partial charge in [0.25, 0.3) is 11.5 Å². The Balaban J connectivity index is 1.42. The molecule has 2 N–H and O–H groups in total. The summed E-state index contributed by atoms with van der Waals surface area (Å²) < 4.78 is 6.34. The van der Waals surface area contributed by atoms with Crippen LogP contribution in [0.25, 0.3) is 0 Å². The van der Waals surface area contributed by atoms with Crippen molar-refractivity contribution in [3.8, 4) is 0 Å². The van der Waals surface area contributed by atoms with Crippen molar-refractivity contribution in [2.75, 3.05) is 19.6 Å². The quantitative estimate of drug-likeness (QED) is 0.709. The van der Waals surface area contributed by atoms with Crippen LogP contribution in [0.2, 0.25) is 0 Å². The molecule has 1 aliphatic heterocycles. The van der Waals surface area contributed by atoms with Gasteiger partial charge in [-0.05, 0) is 32.6 Å². The van der Waals surface area contributed by atoms with Gasteiger partial charge in [-0.15, -0.1) is 0 Å². The molecule has 2 amide bonds. The smallest absolute Gasteiger partial charge is 0.328 e. The van der Waals surface area contributed by atoms with Gasteiger partial charge in [0, 0.05) is 44.9 Å². The molecule has 0 atom stereocenters. The van der Waals surface area contributed by atoms with Crippen LogP contribution in [0.3, 0.4) is 0 Å². The molecule has 0 bridgehead atoms. The predicted molar refractivity (Wildman–Crippen MR) is 104 cm³/mol. The molecule has 0 spiro atoms. The van der Waals surface area contributed by atoms with Crippen molar-refractivity contribution in [2.24, 2.45) is 5.92 Å². The lowest BCUT2D eigenvalue weighted by atomic mass is 9.96. The molecular formula is C19H25N5O5. The molecule has 156 valence electrons. The zero-order valence-corrected chi connectivity index (χ0v) is 16.6. The highest BCUT2D eigenvalue weighted by Gasteiger charge is 2.24. The summed E-state index contributed by atoms with van der Waals surface area (Å²) in [4.78, 5) is 51.4. The number of hydrogen-bond donors (Lipinski definition) is 2. The standard InChI is InChI=1S/C19H25N5O5/c1-12-17(13(2)29-22-12)18(27)20-11-14-3-7-23(8-4-14)16(26)6-10-24-9-5-15(25)21-19(24)28/h5,9,14H,3-4,6-8,10-11H2,1-2H3,(H,20,27)(H,21,25,28). The second-order valence-corrected chi connectivity index (χ2v) is 7.29. The van der Waals surface area contributed by atoms with E-state index in [1.54, 1.807) is 18.7 Å². The lowest BCUT2D eigenvalue weighted by molar-refractivity contribution is -0.132. The van der Waals surface area contributed by atoms with Crippen molar-refractivity contribution in [1.82, 2.24) is 24.9 Å². The first-order valence-corrected chi connectivity index (χ1v) is 9.63. The highest BCUT2D eigenvalue weighted by Crippen LogP contribution is 2.18. The van der Waals surface area contributed by atoms with E-state index in [1.165, 1.54) is 16.8 Å². The van der Waals surface area contributed by atoms with Crippen molar-refractivity contribution in [2.45, 2.75) is 39.7 Å². The minimum atomic E-state index is -0.516. The number of nitrogens with one attached hydrogen (secondary N) is 2. The Hall–Kier alpha value is -3.17. The molecule has 29 heavy (non-hydrogen) atoms. The topological polar surface area (TPSA) is 130 Å². The Bertz CT molecular complexity index is 977. The molecule has 3 heterocycles. The number of carbonyl (C=O) groups is 2. The van der Waals surface area contributed by atoms with E-state index < -0.39 is 11.2 Å². The fraction of sp³-hybridized carbons (Fsp3) is 0.526.